The van der Waals surface area contributed by atoms with Crippen LogP contribution in [0.5, 0.6) is 5.88 Å². The lowest BCUT2D eigenvalue weighted by Crippen LogP contribution is -2.47. The van der Waals surface area contributed by atoms with Gasteiger partial charge in [-0.05, 0) is 37.5 Å². The molecule has 0 radical (unpaired) electrons. The Balaban J connectivity index is 1.69. The van der Waals surface area contributed by atoms with E-state index in [1.54, 1.807) is 25.6 Å². The second-order valence-corrected chi connectivity index (χ2v) is 8.50. The van der Waals surface area contributed by atoms with Crippen LogP contribution in [-0.2, 0) is 4.79 Å². The van der Waals surface area contributed by atoms with Gasteiger partial charge in [0.05, 0.1) is 7.11 Å². The first-order valence-corrected chi connectivity index (χ1v) is 11.6. The fourth-order valence-electron chi connectivity index (χ4n) is 4.14. The van der Waals surface area contributed by atoms with Crippen molar-refractivity contribution in [3.63, 3.8) is 0 Å². The van der Waals surface area contributed by atoms with E-state index in [2.05, 4.69) is 41.0 Å². The lowest BCUT2D eigenvalue weighted by atomic mass is 10.0. The van der Waals surface area contributed by atoms with Crippen LogP contribution < -0.4 is 20.5 Å². The second-order valence-electron chi connectivity index (χ2n) is 8.50. The van der Waals surface area contributed by atoms with Crippen LogP contribution in [-0.4, -0.2) is 66.1 Å². The normalized spacial score (nSPS) is 14.8. The van der Waals surface area contributed by atoms with Crippen molar-refractivity contribution in [2.75, 3.05) is 38.2 Å². The minimum absolute atomic E-state index is 0.0496. The van der Waals surface area contributed by atoms with Gasteiger partial charge in [0, 0.05) is 68.4 Å². The Kier molecular flexibility index (Phi) is 8.65. The number of aromatic nitrogens is 2. The summed E-state index contributed by atoms with van der Waals surface area (Å²) in [7, 11) is 1.58. The maximum absolute atomic E-state index is 12.7. The fourth-order valence-corrected chi connectivity index (χ4v) is 4.14. The average molecular weight is 454 g/mol. The number of amides is 1. The zero-order valence-corrected chi connectivity index (χ0v) is 20.0. The molecule has 1 amide bonds. The first-order valence-electron chi connectivity index (χ1n) is 11.6. The number of hydrogen-bond acceptors (Lipinski definition) is 6. The van der Waals surface area contributed by atoms with Crippen LogP contribution in [0.1, 0.15) is 33.6 Å². The van der Waals surface area contributed by atoms with Crippen LogP contribution in [0.15, 0.2) is 47.5 Å². The van der Waals surface area contributed by atoms with Crippen LogP contribution in [0.2, 0.25) is 0 Å². The number of aromatic amines is 1. The molecule has 2 aromatic heterocycles. The molecular weight excluding hydrogens is 418 g/mol. The van der Waals surface area contributed by atoms with Crippen molar-refractivity contribution in [1.82, 2.24) is 20.2 Å². The zero-order valence-electron chi connectivity index (χ0n) is 20.0. The van der Waals surface area contributed by atoms with Gasteiger partial charge in [0.1, 0.15) is 5.69 Å². The molecule has 3 rings (SSSR count). The van der Waals surface area contributed by atoms with Crippen LogP contribution >= 0.6 is 0 Å². The van der Waals surface area contributed by atoms with Crippen LogP contribution in [0.4, 0.5) is 5.69 Å². The molecule has 3 heterocycles. The number of H-pyrrole nitrogens is 1. The highest BCUT2D eigenvalue weighted by atomic mass is 16.5. The summed E-state index contributed by atoms with van der Waals surface area (Å²) < 4.78 is 5.23. The average Bonchev–Trinajstić information content (AvgIpc) is 2.83. The molecule has 0 aromatic carbocycles. The van der Waals surface area contributed by atoms with E-state index in [4.69, 9.17) is 4.74 Å². The summed E-state index contributed by atoms with van der Waals surface area (Å²) in [6.45, 7) is 8.98. The maximum Gasteiger partial charge on any atom is 0.271 e. The number of hydrogen-bond donors (Lipinski definition) is 2. The van der Waals surface area contributed by atoms with Crippen molar-refractivity contribution < 1.29 is 9.53 Å². The van der Waals surface area contributed by atoms with Gasteiger partial charge in [-0.3, -0.25) is 9.59 Å². The molecule has 2 aromatic rings. The minimum Gasteiger partial charge on any atom is -0.481 e. The van der Waals surface area contributed by atoms with Crippen molar-refractivity contribution in [3.05, 3.63) is 53.1 Å². The number of piperidine rings is 1. The molecule has 0 atom stereocenters. The first-order chi connectivity index (χ1) is 15.9. The van der Waals surface area contributed by atoms with E-state index in [0.717, 1.165) is 24.0 Å². The third-order valence-electron chi connectivity index (χ3n) is 5.93. The standard InChI is InChI=1S/C25H35N5O3/c1-5-30(21-9-13-29(14-10-21)24(31)7-6-11-26-18(2)3)22-15-20(17-28-25(22)32)19-8-12-27-23(16-19)33-4/h6-8,12,15-18,21,26H,5,9-11,13-14H2,1-4H3,(H,28,32). The predicted molar refractivity (Wildman–Crippen MR) is 132 cm³/mol. The molecule has 8 nitrogen and oxygen atoms in total. The van der Waals surface area contributed by atoms with Gasteiger partial charge in [-0.15, -0.1) is 0 Å². The molecule has 0 aliphatic carbocycles. The number of methoxy groups -OCH3 is 1. The van der Waals surface area contributed by atoms with Gasteiger partial charge in [-0.25, -0.2) is 4.98 Å². The van der Waals surface area contributed by atoms with Gasteiger partial charge in [0.25, 0.3) is 5.56 Å². The number of carbonyl (C=O) groups excluding carboxylic acids is 1. The van der Waals surface area contributed by atoms with E-state index in [1.165, 1.54) is 0 Å². The zero-order chi connectivity index (χ0) is 23.8. The molecule has 0 spiro atoms. The summed E-state index contributed by atoms with van der Waals surface area (Å²) in [5, 5.41) is 3.27. The van der Waals surface area contributed by atoms with Gasteiger partial charge in [-0.2, -0.15) is 0 Å². The highest BCUT2D eigenvalue weighted by Gasteiger charge is 2.27. The molecule has 178 valence electrons. The van der Waals surface area contributed by atoms with Gasteiger partial charge in [0.15, 0.2) is 0 Å². The van der Waals surface area contributed by atoms with E-state index in [1.807, 2.05) is 29.2 Å². The second kappa shape index (κ2) is 11.7. The number of nitrogens with one attached hydrogen (secondary N) is 2. The Morgan fingerprint density at radius 3 is 2.76 bits per heavy atom. The number of carbonyl (C=O) groups is 1. The summed E-state index contributed by atoms with van der Waals surface area (Å²) in [4.78, 5) is 36.3. The molecular formula is C25H35N5O3. The third-order valence-corrected chi connectivity index (χ3v) is 5.93. The van der Waals surface area contributed by atoms with Gasteiger partial charge >= 0.3 is 0 Å². The van der Waals surface area contributed by atoms with Crippen molar-refractivity contribution in [3.8, 4) is 17.0 Å². The molecule has 1 saturated heterocycles. The van der Waals surface area contributed by atoms with Crippen LogP contribution in [0.25, 0.3) is 11.1 Å². The summed E-state index contributed by atoms with van der Waals surface area (Å²) in [5.74, 6) is 0.576. The van der Waals surface area contributed by atoms with Crippen molar-refractivity contribution in [2.45, 2.75) is 45.7 Å². The van der Waals surface area contributed by atoms with Gasteiger partial charge in [0.2, 0.25) is 11.8 Å². The van der Waals surface area contributed by atoms with Gasteiger partial charge < -0.3 is 24.8 Å². The quantitative estimate of drug-likeness (QED) is 0.568. The SMILES string of the molecule is CCN(c1cc(-c2ccnc(OC)c2)c[nH]c1=O)C1CCN(C(=O)C=CCNC(C)C)CC1. The molecule has 0 bridgehead atoms. The Bertz CT molecular complexity index is 1010. The van der Waals surface area contributed by atoms with Crippen molar-refractivity contribution >= 4 is 11.6 Å². The van der Waals surface area contributed by atoms with Crippen LogP contribution in [0, 0.1) is 0 Å². The number of pyridine rings is 2. The Morgan fingerprint density at radius 1 is 1.33 bits per heavy atom. The number of rotatable bonds is 9. The molecule has 2 N–H and O–H groups in total. The fraction of sp³-hybridized carbons (Fsp3) is 0.480. The summed E-state index contributed by atoms with van der Waals surface area (Å²) in [6, 6.07) is 6.27. The van der Waals surface area contributed by atoms with Crippen molar-refractivity contribution in [1.29, 1.82) is 0 Å². The Hall–Kier alpha value is -3.13. The molecule has 1 aliphatic rings. The summed E-state index contributed by atoms with van der Waals surface area (Å²) in [6.07, 6.45) is 8.60. The van der Waals surface area contributed by atoms with E-state index < -0.39 is 0 Å². The lowest BCUT2D eigenvalue weighted by molar-refractivity contribution is -0.127. The third kappa shape index (κ3) is 6.44. The number of ether oxygens (including phenoxy) is 1. The topological polar surface area (TPSA) is 90.6 Å². The number of likely N-dealkylation sites (tertiary alicyclic amines) is 1. The maximum atomic E-state index is 12.7. The minimum atomic E-state index is -0.110. The van der Waals surface area contributed by atoms with E-state index in [-0.39, 0.29) is 17.5 Å². The van der Waals surface area contributed by atoms with Gasteiger partial charge in [-0.1, -0.05) is 19.9 Å². The highest BCUT2D eigenvalue weighted by molar-refractivity contribution is 5.87. The lowest BCUT2D eigenvalue weighted by Gasteiger charge is -2.38. The summed E-state index contributed by atoms with van der Waals surface area (Å²) in [5.41, 5.74) is 2.36. The smallest absolute Gasteiger partial charge is 0.271 e. The number of anilines is 1. The van der Waals surface area contributed by atoms with E-state index >= 15 is 0 Å². The first kappa shape index (κ1) is 24.5. The Morgan fingerprint density at radius 2 is 2.09 bits per heavy atom. The largest absolute Gasteiger partial charge is 0.481 e. The van der Waals surface area contributed by atoms with Crippen LogP contribution in [0.3, 0.4) is 0 Å². The van der Waals surface area contributed by atoms with E-state index in [0.29, 0.717) is 43.8 Å². The van der Waals surface area contributed by atoms with Crippen molar-refractivity contribution in [2.24, 2.45) is 0 Å². The molecule has 1 aliphatic heterocycles. The van der Waals surface area contributed by atoms with E-state index in [9.17, 15) is 9.59 Å². The molecule has 8 heteroatoms. The molecule has 1 fully saturated rings. The number of nitrogens with zero attached hydrogens (tertiary/aromatic N) is 3. The molecule has 0 saturated carbocycles. The monoisotopic (exact) mass is 453 g/mol. The summed E-state index contributed by atoms with van der Waals surface area (Å²) >= 11 is 0. The predicted octanol–water partition coefficient (Wildman–Crippen LogP) is 2.82. The highest BCUT2D eigenvalue weighted by Crippen LogP contribution is 2.26. The molecule has 0 unspecified atom stereocenters. The Labute approximate surface area is 195 Å². The molecule has 33 heavy (non-hydrogen) atoms.